The third kappa shape index (κ3) is 2.87. The summed E-state index contributed by atoms with van der Waals surface area (Å²) >= 11 is 0. The lowest BCUT2D eigenvalue weighted by molar-refractivity contribution is -0.147. The molecule has 4 nitrogen and oxygen atoms in total. The number of carboxylic acid groups (broad SMARTS) is 1. The minimum absolute atomic E-state index is 0.0516. The average Bonchev–Trinajstić information content (AvgIpc) is 3.24. The quantitative estimate of drug-likeness (QED) is 0.915. The van der Waals surface area contributed by atoms with E-state index in [1.54, 1.807) is 11.0 Å². The lowest BCUT2D eigenvalue weighted by Gasteiger charge is -2.23. The summed E-state index contributed by atoms with van der Waals surface area (Å²) in [6.07, 6.45) is 1.54. The number of fused-ring (bicyclic) bond motifs is 2. The molecule has 1 heterocycles. The lowest BCUT2D eigenvalue weighted by Crippen LogP contribution is -2.32. The Balaban J connectivity index is 1.51. The van der Waals surface area contributed by atoms with Crippen LogP contribution in [0.3, 0.4) is 0 Å². The zero-order chi connectivity index (χ0) is 18.3. The Bertz CT molecular complexity index is 879. The second-order valence-corrected chi connectivity index (χ2v) is 7.12. The largest absolute Gasteiger partial charge is 0.481 e. The van der Waals surface area contributed by atoms with E-state index in [1.807, 2.05) is 30.3 Å². The van der Waals surface area contributed by atoms with Crippen molar-refractivity contribution in [2.75, 3.05) is 0 Å². The summed E-state index contributed by atoms with van der Waals surface area (Å²) in [4.78, 5) is 26.2. The molecule has 134 valence electrons. The molecule has 1 unspecified atom stereocenters. The van der Waals surface area contributed by atoms with E-state index in [1.165, 1.54) is 11.6 Å². The Kier molecular flexibility index (Phi) is 4.23. The fraction of sp³-hybridized carbons (Fsp3) is 0.333. The van der Waals surface area contributed by atoms with Gasteiger partial charge >= 0.3 is 5.97 Å². The highest BCUT2D eigenvalue weighted by atomic mass is 19.1. The summed E-state index contributed by atoms with van der Waals surface area (Å²) < 4.78 is 13.9. The molecule has 0 saturated heterocycles. The second kappa shape index (κ2) is 6.56. The van der Waals surface area contributed by atoms with E-state index in [9.17, 15) is 19.1 Å². The van der Waals surface area contributed by atoms with Gasteiger partial charge in [0.15, 0.2) is 0 Å². The van der Waals surface area contributed by atoms with Gasteiger partial charge in [-0.25, -0.2) is 4.39 Å². The van der Waals surface area contributed by atoms with Gasteiger partial charge in [-0.15, -0.1) is 0 Å². The van der Waals surface area contributed by atoms with Crippen LogP contribution in [0.5, 0.6) is 0 Å². The number of hydrogen-bond acceptors (Lipinski definition) is 2. The van der Waals surface area contributed by atoms with Crippen LogP contribution < -0.4 is 0 Å². The molecule has 0 fully saturated rings. The van der Waals surface area contributed by atoms with E-state index >= 15 is 0 Å². The Morgan fingerprint density at radius 1 is 1.12 bits per heavy atom. The van der Waals surface area contributed by atoms with Crippen molar-refractivity contribution in [1.82, 2.24) is 4.90 Å². The summed E-state index contributed by atoms with van der Waals surface area (Å²) in [5.41, 5.74) is 3.56. The summed E-state index contributed by atoms with van der Waals surface area (Å²) in [6, 6.07) is 12.7. The van der Waals surface area contributed by atoms with Gasteiger partial charge in [-0.05, 0) is 41.5 Å². The van der Waals surface area contributed by atoms with Crippen molar-refractivity contribution in [1.29, 1.82) is 0 Å². The molecule has 2 aromatic rings. The third-order valence-electron chi connectivity index (χ3n) is 5.66. The smallest absolute Gasteiger partial charge is 0.307 e. The number of carbonyl (C=O) groups excluding carboxylic acids is 1. The van der Waals surface area contributed by atoms with Gasteiger partial charge < -0.3 is 10.0 Å². The molecule has 5 heteroatoms. The van der Waals surface area contributed by atoms with E-state index in [2.05, 4.69) is 0 Å². The molecule has 2 aliphatic rings. The van der Waals surface area contributed by atoms with Crippen LogP contribution in [0.4, 0.5) is 4.39 Å². The van der Waals surface area contributed by atoms with Gasteiger partial charge in [0, 0.05) is 25.1 Å². The first kappa shape index (κ1) is 16.8. The first-order chi connectivity index (χ1) is 12.5. The molecule has 0 saturated carbocycles. The highest BCUT2D eigenvalue weighted by Gasteiger charge is 2.37. The lowest BCUT2D eigenvalue weighted by atomic mass is 9.84. The van der Waals surface area contributed by atoms with E-state index in [4.69, 9.17) is 0 Å². The molecule has 1 N–H and O–H groups in total. The highest BCUT2D eigenvalue weighted by Crippen LogP contribution is 2.40. The number of rotatable bonds is 4. The molecule has 0 radical (unpaired) electrons. The summed E-state index contributed by atoms with van der Waals surface area (Å²) in [5, 5.41) is 9.74. The average molecular weight is 353 g/mol. The van der Waals surface area contributed by atoms with Crippen LogP contribution in [0.2, 0.25) is 0 Å². The minimum Gasteiger partial charge on any atom is -0.481 e. The predicted octanol–water partition coefficient (Wildman–Crippen LogP) is 3.49. The van der Waals surface area contributed by atoms with Gasteiger partial charge in [0.25, 0.3) is 0 Å². The summed E-state index contributed by atoms with van der Waals surface area (Å²) in [6.45, 7) is 0.563. The van der Waals surface area contributed by atoms with Crippen molar-refractivity contribution in [3.63, 3.8) is 0 Å². The monoisotopic (exact) mass is 353 g/mol. The summed E-state index contributed by atoms with van der Waals surface area (Å²) in [7, 11) is 0. The van der Waals surface area contributed by atoms with E-state index in [-0.39, 0.29) is 30.6 Å². The van der Waals surface area contributed by atoms with E-state index < -0.39 is 11.9 Å². The van der Waals surface area contributed by atoms with Crippen LogP contribution in [0.15, 0.2) is 42.5 Å². The molecule has 0 spiro atoms. The van der Waals surface area contributed by atoms with Crippen LogP contribution in [-0.2, 0) is 29.1 Å². The molecule has 1 amide bonds. The fourth-order valence-electron chi connectivity index (χ4n) is 4.28. The molecule has 2 atom stereocenters. The van der Waals surface area contributed by atoms with Gasteiger partial charge in [-0.3, -0.25) is 9.59 Å². The molecular formula is C21H20FNO3. The van der Waals surface area contributed by atoms with Gasteiger partial charge in [0.2, 0.25) is 5.91 Å². The number of nitrogens with zero attached hydrogens (tertiary/aromatic N) is 1. The second-order valence-electron chi connectivity index (χ2n) is 7.12. The van der Waals surface area contributed by atoms with Crippen molar-refractivity contribution in [3.8, 4) is 0 Å². The van der Waals surface area contributed by atoms with Crippen LogP contribution in [0, 0.1) is 11.7 Å². The Hall–Kier alpha value is -2.69. The zero-order valence-corrected chi connectivity index (χ0v) is 14.3. The number of halogens is 1. The maximum atomic E-state index is 13.9. The number of aliphatic carboxylic acids is 1. The van der Waals surface area contributed by atoms with Gasteiger partial charge in [0.05, 0.1) is 5.92 Å². The van der Waals surface area contributed by atoms with Crippen molar-refractivity contribution in [2.45, 2.75) is 38.3 Å². The minimum atomic E-state index is -0.942. The maximum Gasteiger partial charge on any atom is 0.307 e. The van der Waals surface area contributed by atoms with Gasteiger partial charge in [-0.2, -0.15) is 0 Å². The molecule has 1 aliphatic carbocycles. The standard InChI is InChI=1S/C21H20FNO3/c22-19-7-3-5-14-11-23(12-18(14)19)20(24)10-17(21(25)26)16-9-8-13-4-1-2-6-15(13)16/h1-7,16-17H,8-12H2,(H,25,26)/t16-,17?/m1/s1. The molecule has 26 heavy (non-hydrogen) atoms. The highest BCUT2D eigenvalue weighted by molar-refractivity contribution is 5.83. The third-order valence-corrected chi connectivity index (χ3v) is 5.66. The van der Waals surface area contributed by atoms with Gasteiger partial charge in [0.1, 0.15) is 5.82 Å². The molecule has 4 rings (SSSR count). The van der Waals surface area contributed by atoms with Crippen LogP contribution in [0.25, 0.3) is 0 Å². The molecule has 2 aromatic carbocycles. The number of carbonyl (C=O) groups is 2. The van der Waals surface area contributed by atoms with Crippen molar-refractivity contribution in [2.24, 2.45) is 5.92 Å². The number of carboxylic acids is 1. The number of aryl methyl sites for hydroxylation is 1. The van der Waals surface area contributed by atoms with Crippen LogP contribution in [-0.4, -0.2) is 21.9 Å². The Morgan fingerprint density at radius 3 is 2.65 bits per heavy atom. The number of amides is 1. The van der Waals surface area contributed by atoms with E-state index in [0.717, 1.165) is 24.0 Å². The zero-order valence-electron chi connectivity index (χ0n) is 14.3. The SMILES string of the molecule is O=C(O)C(CC(=O)N1Cc2cccc(F)c2C1)[C@@H]1CCc2ccccc21. The predicted molar refractivity (Wildman–Crippen MR) is 93.9 cm³/mol. The Morgan fingerprint density at radius 2 is 1.88 bits per heavy atom. The van der Waals surface area contributed by atoms with Crippen molar-refractivity contribution >= 4 is 11.9 Å². The topological polar surface area (TPSA) is 57.6 Å². The Labute approximate surface area is 151 Å². The van der Waals surface area contributed by atoms with E-state index in [0.29, 0.717) is 12.1 Å². The molecule has 0 bridgehead atoms. The molecule has 0 aromatic heterocycles. The maximum absolute atomic E-state index is 13.9. The number of hydrogen-bond donors (Lipinski definition) is 1. The molecule has 1 aliphatic heterocycles. The first-order valence-electron chi connectivity index (χ1n) is 8.89. The van der Waals surface area contributed by atoms with Crippen LogP contribution in [0.1, 0.15) is 41.0 Å². The fourth-order valence-corrected chi connectivity index (χ4v) is 4.28. The first-order valence-corrected chi connectivity index (χ1v) is 8.89. The van der Waals surface area contributed by atoms with Gasteiger partial charge in [-0.1, -0.05) is 36.4 Å². The van der Waals surface area contributed by atoms with Crippen molar-refractivity contribution in [3.05, 3.63) is 70.5 Å². The number of benzene rings is 2. The van der Waals surface area contributed by atoms with Crippen molar-refractivity contribution < 1.29 is 19.1 Å². The van der Waals surface area contributed by atoms with Crippen LogP contribution >= 0.6 is 0 Å². The molecular weight excluding hydrogens is 333 g/mol. The normalized spacial score (nSPS) is 19.1. The summed E-state index contributed by atoms with van der Waals surface area (Å²) in [5.74, 6) is -2.37.